The van der Waals surface area contributed by atoms with Crippen molar-refractivity contribution in [2.24, 2.45) is 11.8 Å². The van der Waals surface area contributed by atoms with Crippen molar-refractivity contribution in [2.75, 3.05) is 19.6 Å². The van der Waals surface area contributed by atoms with E-state index in [1.165, 1.54) is 0 Å². The first-order chi connectivity index (χ1) is 14.2. The van der Waals surface area contributed by atoms with Gasteiger partial charge in [-0.15, -0.1) is 0 Å². The van der Waals surface area contributed by atoms with E-state index in [-0.39, 0.29) is 23.7 Å². The van der Waals surface area contributed by atoms with Crippen LogP contribution in [0.1, 0.15) is 64.9 Å². The van der Waals surface area contributed by atoms with Gasteiger partial charge in [0, 0.05) is 19.6 Å². The molecule has 1 aromatic rings. The number of piperidine rings is 1. The van der Waals surface area contributed by atoms with E-state index in [1.54, 1.807) is 4.90 Å². The minimum Gasteiger partial charge on any atom is -0.342 e. The maximum atomic E-state index is 12.9. The Labute approximate surface area is 180 Å². The molecule has 0 saturated carbocycles. The van der Waals surface area contributed by atoms with Gasteiger partial charge in [0.15, 0.2) is 5.96 Å². The number of rotatable bonds is 7. The van der Waals surface area contributed by atoms with Gasteiger partial charge in [-0.1, -0.05) is 44.2 Å². The molecule has 3 rings (SSSR count). The fraction of sp³-hybridized carbons (Fsp3) is 0.625. The van der Waals surface area contributed by atoms with E-state index in [2.05, 4.69) is 19.2 Å². The third-order valence-corrected chi connectivity index (χ3v) is 6.56. The van der Waals surface area contributed by atoms with E-state index in [4.69, 9.17) is 5.41 Å². The Kier molecular flexibility index (Phi) is 6.84. The number of nitrogens with one attached hydrogen (secondary N) is 2. The van der Waals surface area contributed by atoms with Crippen LogP contribution in [0.3, 0.4) is 0 Å². The lowest BCUT2D eigenvalue weighted by atomic mass is 9.90. The standard InChI is InChI=1S/C24H36N4O2/c1-17(2)16-24(4)22(30)28(23(25)26-24)15-12-19-10-13-27(14-11-19)21(29)18(3)20-8-6-5-7-9-20/h5-9,17-19H,10-16H2,1-4H3,(H2,25,26). The van der Waals surface area contributed by atoms with Crippen LogP contribution in [0.4, 0.5) is 0 Å². The lowest BCUT2D eigenvalue weighted by Crippen LogP contribution is -2.45. The van der Waals surface area contributed by atoms with Gasteiger partial charge in [0.25, 0.3) is 5.91 Å². The van der Waals surface area contributed by atoms with Gasteiger partial charge in [0.05, 0.1) is 5.92 Å². The number of guanidine groups is 1. The molecule has 6 nitrogen and oxygen atoms in total. The Hall–Kier alpha value is -2.37. The molecule has 0 aromatic heterocycles. The average Bonchev–Trinajstić information content (AvgIpc) is 2.93. The second-order valence-corrected chi connectivity index (χ2v) is 9.55. The van der Waals surface area contributed by atoms with E-state index in [9.17, 15) is 9.59 Å². The molecule has 164 valence electrons. The Morgan fingerprint density at radius 2 is 1.83 bits per heavy atom. The third kappa shape index (κ3) is 4.85. The number of benzene rings is 1. The van der Waals surface area contributed by atoms with E-state index >= 15 is 0 Å². The fourth-order valence-corrected chi connectivity index (χ4v) is 4.86. The molecular weight excluding hydrogens is 376 g/mol. The Morgan fingerprint density at radius 3 is 2.43 bits per heavy atom. The maximum absolute atomic E-state index is 12.9. The summed E-state index contributed by atoms with van der Waals surface area (Å²) in [5, 5.41) is 11.3. The van der Waals surface area contributed by atoms with Crippen LogP contribution in [-0.2, 0) is 9.59 Å². The number of amides is 2. The van der Waals surface area contributed by atoms with Gasteiger partial charge in [-0.25, -0.2) is 0 Å². The van der Waals surface area contributed by atoms with Gasteiger partial charge >= 0.3 is 0 Å². The molecule has 2 unspecified atom stereocenters. The summed E-state index contributed by atoms with van der Waals surface area (Å²) in [6.07, 6.45) is 3.52. The second kappa shape index (κ2) is 9.19. The molecule has 0 aliphatic carbocycles. The lowest BCUT2D eigenvalue weighted by Gasteiger charge is -2.34. The molecule has 30 heavy (non-hydrogen) atoms. The Morgan fingerprint density at radius 1 is 1.20 bits per heavy atom. The van der Waals surface area contributed by atoms with Gasteiger partial charge in [-0.05, 0) is 56.9 Å². The number of carbonyl (C=O) groups excluding carboxylic acids is 2. The summed E-state index contributed by atoms with van der Waals surface area (Å²) < 4.78 is 0. The zero-order valence-corrected chi connectivity index (χ0v) is 18.8. The highest BCUT2D eigenvalue weighted by Crippen LogP contribution is 2.28. The molecule has 2 N–H and O–H groups in total. The highest BCUT2D eigenvalue weighted by atomic mass is 16.2. The Balaban J connectivity index is 1.48. The summed E-state index contributed by atoms with van der Waals surface area (Å²) in [4.78, 5) is 29.3. The van der Waals surface area contributed by atoms with E-state index < -0.39 is 5.54 Å². The topological polar surface area (TPSA) is 76.5 Å². The minimum absolute atomic E-state index is 0.0190. The van der Waals surface area contributed by atoms with Crippen molar-refractivity contribution in [3.8, 4) is 0 Å². The predicted octanol–water partition coefficient (Wildman–Crippen LogP) is 3.59. The normalized spacial score (nSPS) is 23.8. The third-order valence-electron chi connectivity index (χ3n) is 6.56. The lowest BCUT2D eigenvalue weighted by molar-refractivity contribution is -0.133. The predicted molar refractivity (Wildman–Crippen MR) is 119 cm³/mol. The van der Waals surface area contributed by atoms with Crippen molar-refractivity contribution < 1.29 is 9.59 Å². The van der Waals surface area contributed by atoms with Crippen LogP contribution >= 0.6 is 0 Å². The van der Waals surface area contributed by atoms with E-state index in [1.807, 2.05) is 49.1 Å². The summed E-state index contributed by atoms with van der Waals surface area (Å²) >= 11 is 0. The number of likely N-dealkylation sites (tertiary alicyclic amines) is 1. The van der Waals surface area contributed by atoms with Crippen molar-refractivity contribution in [2.45, 2.75) is 64.8 Å². The first kappa shape index (κ1) is 22.3. The number of hydrogen-bond donors (Lipinski definition) is 2. The summed E-state index contributed by atoms with van der Waals surface area (Å²) in [5.41, 5.74) is 0.404. The SMILES string of the molecule is CC(C)CC1(C)NC(=N)N(CCC2CCN(C(=O)C(C)c3ccccc3)CC2)C1=O. The van der Waals surface area contributed by atoms with Crippen molar-refractivity contribution in [3.63, 3.8) is 0 Å². The summed E-state index contributed by atoms with van der Waals surface area (Å²) in [7, 11) is 0. The van der Waals surface area contributed by atoms with E-state index in [0.717, 1.165) is 44.3 Å². The van der Waals surface area contributed by atoms with Crippen LogP contribution in [0.25, 0.3) is 0 Å². The molecule has 2 saturated heterocycles. The van der Waals surface area contributed by atoms with Crippen LogP contribution in [-0.4, -0.2) is 52.7 Å². The van der Waals surface area contributed by atoms with Crippen LogP contribution in [0.15, 0.2) is 30.3 Å². The molecule has 2 aliphatic heterocycles. The molecule has 0 bridgehead atoms. The molecule has 0 spiro atoms. The van der Waals surface area contributed by atoms with E-state index in [0.29, 0.717) is 18.4 Å². The summed E-state index contributed by atoms with van der Waals surface area (Å²) in [6.45, 7) is 10.2. The average molecular weight is 413 g/mol. The van der Waals surface area contributed by atoms with Crippen molar-refractivity contribution in [1.29, 1.82) is 5.41 Å². The fourth-order valence-electron chi connectivity index (χ4n) is 4.86. The summed E-state index contributed by atoms with van der Waals surface area (Å²) in [5.74, 6) is 1.20. The molecule has 2 atom stereocenters. The first-order valence-electron chi connectivity index (χ1n) is 11.2. The summed E-state index contributed by atoms with van der Waals surface area (Å²) in [6, 6.07) is 9.95. The molecule has 2 aliphatic rings. The Bertz CT molecular complexity index is 771. The van der Waals surface area contributed by atoms with Gasteiger partial charge in [0.1, 0.15) is 5.54 Å². The van der Waals surface area contributed by atoms with Crippen molar-refractivity contribution in [3.05, 3.63) is 35.9 Å². The molecule has 2 heterocycles. The van der Waals surface area contributed by atoms with Crippen LogP contribution in [0.2, 0.25) is 0 Å². The maximum Gasteiger partial charge on any atom is 0.254 e. The van der Waals surface area contributed by atoms with Gasteiger partial charge in [-0.2, -0.15) is 0 Å². The molecule has 0 radical (unpaired) electrons. The van der Waals surface area contributed by atoms with Crippen LogP contribution < -0.4 is 5.32 Å². The van der Waals surface area contributed by atoms with Gasteiger partial charge < -0.3 is 10.2 Å². The molecule has 2 amide bonds. The van der Waals surface area contributed by atoms with Gasteiger partial charge in [-0.3, -0.25) is 19.9 Å². The molecular formula is C24H36N4O2. The largest absolute Gasteiger partial charge is 0.342 e. The monoisotopic (exact) mass is 412 g/mol. The quantitative estimate of drug-likeness (QED) is 0.718. The van der Waals surface area contributed by atoms with Crippen LogP contribution in [0, 0.1) is 17.2 Å². The number of hydrogen-bond acceptors (Lipinski definition) is 3. The second-order valence-electron chi connectivity index (χ2n) is 9.55. The molecule has 1 aromatic carbocycles. The zero-order valence-electron chi connectivity index (χ0n) is 18.8. The highest BCUT2D eigenvalue weighted by molar-refractivity contribution is 6.07. The highest BCUT2D eigenvalue weighted by Gasteiger charge is 2.45. The first-order valence-corrected chi connectivity index (χ1v) is 11.2. The van der Waals surface area contributed by atoms with Crippen LogP contribution in [0.5, 0.6) is 0 Å². The zero-order chi connectivity index (χ0) is 21.9. The smallest absolute Gasteiger partial charge is 0.254 e. The number of carbonyl (C=O) groups is 2. The minimum atomic E-state index is -0.658. The number of nitrogens with zero attached hydrogens (tertiary/aromatic N) is 2. The van der Waals surface area contributed by atoms with Crippen molar-refractivity contribution in [1.82, 2.24) is 15.1 Å². The molecule has 2 fully saturated rings. The van der Waals surface area contributed by atoms with Gasteiger partial charge in [0.2, 0.25) is 5.91 Å². The molecule has 6 heteroatoms. The van der Waals surface area contributed by atoms with Crippen molar-refractivity contribution >= 4 is 17.8 Å².